The van der Waals surface area contributed by atoms with Crippen LogP contribution in [-0.2, 0) is 19.7 Å². The Bertz CT molecular complexity index is 2140. The van der Waals surface area contributed by atoms with E-state index in [1.54, 1.807) is 24.3 Å². The van der Waals surface area contributed by atoms with Gasteiger partial charge in [0.05, 0.1) is 23.0 Å². The van der Waals surface area contributed by atoms with Gasteiger partial charge in [-0.25, -0.2) is 16.8 Å². The fourth-order valence-corrected chi connectivity index (χ4v) is 12.7. The van der Waals surface area contributed by atoms with Gasteiger partial charge in [-0.3, -0.25) is 19.2 Å². The van der Waals surface area contributed by atoms with Gasteiger partial charge in [-0.1, -0.05) is 58.7 Å². The van der Waals surface area contributed by atoms with Crippen LogP contribution >= 0.6 is 0 Å². The molecule has 6 aliphatic rings. The number of rotatable bonds is 0. The Morgan fingerprint density at radius 1 is 0.432 bits per heavy atom. The molecule has 0 amide bonds. The molecule has 3 aromatic carbocycles. The largest absolute Gasteiger partial charge is 0.294 e. The standard InChI is InChI=1S/C34H26O8S2/c35-31-21-5-3-15-1-2-16-4-6-22-30(34(38)26-10-20-14-44(41,42)12-18(20)8-24(26)32(22)36)28(16)27(15)29(21)33(37)25-9-19-13-43(39,40)11-17(19)7-23(25)31/h1-6,23-26H,7-14H2/t23-,24-,25+,26+/m0/s1. The summed E-state index contributed by atoms with van der Waals surface area (Å²) in [5, 5.41) is 2.29. The Morgan fingerprint density at radius 2 is 0.727 bits per heavy atom. The zero-order valence-electron chi connectivity index (χ0n) is 23.5. The maximum Gasteiger partial charge on any atom is 0.168 e. The van der Waals surface area contributed by atoms with E-state index >= 15 is 0 Å². The van der Waals surface area contributed by atoms with Crippen molar-refractivity contribution in [2.24, 2.45) is 23.7 Å². The summed E-state index contributed by atoms with van der Waals surface area (Å²) < 4.78 is 49.6. The van der Waals surface area contributed by atoms with Crippen LogP contribution in [0.4, 0.5) is 0 Å². The van der Waals surface area contributed by atoms with Crippen molar-refractivity contribution in [1.29, 1.82) is 0 Å². The average molecular weight is 627 g/mol. The summed E-state index contributed by atoms with van der Waals surface area (Å²) in [4.78, 5) is 56.7. The summed E-state index contributed by atoms with van der Waals surface area (Å²) in [7, 11) is -6.57. The van der Waals surface area contributed by atoms with E-state index in [0.29, 0.717) is 21.5 Å². The fraction of sp³-hybridized carbons (Fsp3) is 0.353. The van der Waals surface area contributed by atoms with Gasteiger partial charge in [-0.05, 0) is 36.5 Å². The molecule has 0 N–H and O–H groups in total. The van der Waals surface area contributed by atoms with Gasteiger partial charge in [-0.2, -0.15) is 0 Å². The first kappa shape index (κ1) is 26.6. The monoisotopic (exact) mass is 626 g/mol. The molecule has 2 aliphatic heterocycles. The minimum Gasteiger partial charge on any atom is -0.294 e. The lowest BCUT2D eigenvalue weighted by Gasteiger charge is -2.36. The third-order valence-electron chi connectivity index (χ3n) is 11.0. The summed E-state index contributed by atoms with van der Waals surface area (Å²) in [5.41, 5.74) is 4.04. The summed E-state index contributed by atoms with van der Waals surface area (Å²) in [6.45, 7) is 0. The molecule has 10 heteroatoms. The lowest BCUT2D eigenvalue weighted by atomic mass is 9.64. The Balaban J connectivity index is 1.24. The maximum atomic E-state index is 14.4. The number of carbonyl (C=O) groups is 4. The van der Waals surface area contributed by atoms with E-state index in [4.69, 9.17) is 0 Å². The molecular weight excluding hydrogens is 601 g/mol. The second kappa shape index (κ2) is 8.48. The summed E-state index contributed by atoms with van der Waals surface area (Å²) in [6.07, 6.45) is 0.972. The highest BCUT2D eigenvalue weighted by Gasteiger charge is 2.50. The van der Waals surface area contributed by atoms with Crippen LogP contribution in [0, 0.1) is 23.7 Å². The van der Waals surface area contributed by atoms with Crippen molar-refractivity contribution in [3.05, 3.63) is 80.9 Å². The molecule has 44 heavy (non-hydrogen) atoms. The van der Waals surface area contributed by atoms with E-state index in [-0.39, 0.29) is 94.1 Å². The molecule has 9 rings (SSSR count). The number of hydrogen-bond donors (Lipinski definition) is 0. The van der Waals surface area contributed by atoms with Crippen molar-refractivity contribution in [1.82, 2.24) is 0 Å². The number of ketones is 4. The fourth-order valence-electron chi connectivity index (χ4n) is 9.04. The maximum absolute atomic E-state index is 14.4. The van der Waals surface area contributed by atoms with Crippen LogP contribution in [0.25, 0.3) is 21.5 Å². The van der Waals surface area contributed by atoms with E-state index in [2.05, 4.69) is 0 Å². The molecule has 3 aromatic rings. The van der Waals surface area contributed by atoms with E-state index < -0.39 is 43.3 Å². The molecule has 4 atom stereocenters. The highest BCUT2D eigenvalue weighted by molar-refractivity contribution is 7.92. The molecule has 0 aromatic heterocycles. The Labute approximate surface area is 253 Å². The van der Waals surface area contributed by atoms with Gasteiger partial charge in [0.2, 0.25) is 0 Å². The van der Waals surface area contributed by atoms with Crippen molar-refractivity contribution in [2.75, 3.05) is 23.0 Å². The molecule has 0 radical (unpaired) electrons. The van der Waals surface area contributed by atoms with E-state index in [0.717, 1.165) is 22.3 Å². The summed E-state index contributed by atoms with van der Waals surface area (Å²) in [6, 6.07) is 10.5. The molecule has 0 bridgehead atoms. The quantitative estimate of drug-likeness (QED) is 0.267. The first-order valence-corrected chi connectivity index (χ1v) is 18.5. The topological polar surface area (TPSA) is 137 Å². The van der Waals surface area contributed by atoms with E-state index in [9.17, 15) is 36.0 Å². The zero-order valence-corrected chi connectivity index (χ0v) is 25.1. The average Bonchev–Trinajstić information content (AvgIpc) is 3.46. The van der Waals surface area contributed by atoms with Crippen LogP contribution in [-0.4, -0.2) is 63.0 Å². The molecule has 222 valence electrons. The Morgan fingerprint density at radius 3 is 1.07 bits per heavy atom. The third kappa shape index (κ3) is 3.49. The molecule has 0 fully saturated rings. The van der Waals surface area contributed by atoms with E-state index in [1.165, 1.54) is 0 Å². The van der Waals surface area contributed by atoms with Crippen LogP contribution in [0.2, 0.25) is 0 Å². The van der Waals surface area contributed by atoms with Crippen LogP contribution in [0.3, 0.4) is 0 Å². The highest BCUT2D eigenvalue weighted by atomic mass is 32.2. The van der Waals surface area contributed by atoms with Crippen molar-refractivity contribution in [2.45, 2.75) is 25.7 Å². The summed E-state index contributed by atoms with van der Waals surface area (Å²) in [5.74, 6) is -3.74. The third-order valence-corrected chi connectivity index (χ3v) is 14.1. The molecule has 0 spiro atoms. The predicted octanol–water partition coefficient (Wildman–Crippen LogP) is 4.25. The SMILES string of the molecule is O=C1c2ccc3ccc4ccc5c(c4c3c2C(=O)[C@@H]2CC3=C(C[C@H]12)CS(=O)(=O)C3)C(=O)[C@@H]1CC2=C(C[C@@H]1C5=O)CS(=O)(=O)C2. The van der Waals surface area contributed by atoms with Crippen molar-refractivity contribution in [3.8, 4) is 0 Å². The van der Waals surface area contributed by atoms with Gasteiger partial charge in [0, 0.05) is 56.7 Å². The van der Waals surface area contributed by atoms with Crippen molar-refractivity contribution < 1.29 is 36.0 Å². The number of carbonyl (C=O) groups excluding carboxylic acids is 4. The van der Waals surface area contributed by atoms with Gasteiger partial charge in [0.25, 0.3) is 0 Å². The van der Waals surface area contributed by atoms with Crippen molar-refractivity contribution >= 4 is 64.4 Å². The molecule has 0 saturated heterocycles. The minimum absolute atomic E-state index is 0.0585. The second-order valence-electron chi connectivity index (χ2n) is 13.4. The molecule has 2 heterocycles. The molecular formula is C34H26O8S2. The van der Waals surface area contributed by atoms with Gasteiger partial charge < -0.3 is 0 Å². The van der Waals surface area contributed by atoms with Gasteiger partial charge >= 0.3 is 0 Å². The van der Waals surface area contributed by atoms with Crippen LogP contribution in [0.5, 0.6) is 0 Å². The molecule has 4 aliphatic carbocycles. The normalized spacial score (nSPS) is 29.8. The first-order valence-electron chi connectivity index (χ1n) is 14.9. The number of hydrogen-bond acceptors (Lipinski definition) is 8. The first-order chi connectivity index (χ1) is 20.9. The lowest BCUT2D eigenvalue weighted by Crippen LogP contribution is -2.40. The number of fused-ring (bicyclic) bond motifs is 9. The van der Waals surface area contributed by atoms with Gasteiger partial charge in [0.15, 0.2) is 42.8 Å². The molecule has 0 saturated carbocycles. The number of benzene rings is 3. The van der Waals surface area contributed by atoms with Crippen molar-refractivity contribution in [3.63, 3.8) is 0 Å². The Hall–Kier alpha value is -3.76. The summed E-state index contributed by atoms with van der Waals surface area (Å²) >= 11 is 0. The second-order valence-corrected chi connectivity index (χ2v) is 17.5. The lowest BCUT2D eigenvalue weighted by molar-refractivity contribution is 0.0723. The Kier molecular flexibility index (Phi) is 5.13. The minimum atomic E-state index is -3.28. The van der Waals surface area contributed by atoms with Crippen LogP contribution in [0.1, 0.15) is 67.1 Å². The van der Waals surface area contributed by atoms with E-state index in [1.807, 2.05) is 12.1 Å². The van der Waals surface area contributed by atoms with Crippen LogP contribution < -0.4 is 0 Å². The smallest absolute Gasteiger partial charge is 0.168 e. The molecule has 0 unspecified atom stereocenters. The van der Waals surface area contributed by atoms with Gasteiger partial charge in [-0.15, -0.1) is 0 Å². The van der Waals surface area contributed by atoms with Crippen LogP contribution in [0.15, 0.2) is 58.7 Å². The number of sulfone groups is 2. The highest BCUT2D eigenvalue weighted by Crippen LogP contribution is 2.50. The predicted molar refractivity (Wildman–Crippen MR) is 163 cm³/mol. The number of Topliss-reactive ketones (excluding diaryl/α,β-unsaturated/α-hetero) is 4. The zero-order chi connectivity index (χ0) is 30.4. The molecule has 8 nitrogen and oxygen atoms in total. The van der Waals surface area contributed by atoms with Gasteiger partial charge in [0.1, 0.15) is 0 Å².